The number of amides is 2. The topological polar surface area (TPSA) is 84.4 Å². The van der Waals surface area contributed by atoms with Crippen molar-refractivity contribution in [3.05, 3.63) is 24.3 Å². The lowest BCUT2D eigenvalue weighted by Gasteiger charge is -2.19. The molecule has 1 heterocycles. The maximum atomic E-state index is 12.1. The second kappa shape index (κ2) is 8.98. The summed E-state index contributed by atoms with van der Waals surface area (Å²) >= 11 is 0. The van der Waals surface area contributed by atoms with E-state index in [9.17, 15) is 9.59 Å². The van der Waals surface area contributed by atoms with Gasteiger partial charge in [0.2, 0.25) is 5.91 Å². The fourth-order valence-electron chi connectivity index (χ4n) is 1.59. The number of ether oxygens (including phenoxy) is 1. The molecule has 0 saturated heterocycles. The van der Waals surface area contributed by atoms with Crippen molar-refractivity contribution >= 4 is 11.8 Å². The van der Waals surface area contributed by atoms with Crippen molar-refractivity contribution in [2.24, 2.45) is 0 Å². The Morgan fingerprint density at radius 1 is 1.40 bits per heavy atom. The van der Waals surface area contributed by atoms with Gasteiger partial charge in [-0.3, -0.25) is 14.6 Å². The van der Waals surface area contributed by atoms with Crippen molar-refractivity contribution in [3.63, 3.8) is 0 Å². The average molecular weight is 280 g/mol. The van der Waals surface area contributed by atoms with E-state index in [-0.39, 0.29) is 23.9 Å². The third-order valence-electron chi connectivity index (χ3n) is 2.69. The highest BCUT2D eigenvalue weighted by Gasteiger charge is 2.16. The molecule has 0 unspecified atom stereocenters. The third kappa shape index (κ3) is 5.31. The van der Waals surface area contributed by atoms with Gasteiger partial charge in [0.05, 0.1) is 12.8 Å². The molecule has 0 saturated carbocycles. The molecule has 0 radical (unpaired) electrons. The number of aromatic nitrogens is 2. The highest BCUT2D eigenvalue weighted by molar-refractivity contribution is 5.92. The first-order valence-corrected chi connectivity index (χ1v) is 6.50. The molecule has 1 rings (SSSR count). The Morgan fingerprint density at radius 2 is 2.20 bits per heavy atom. The zero-order valence-electron chi connectivity index (χ0n) is 11.8. The van der Waals surface area contributed by atoms with E-state index in [1.54, 1.807) is 12.0 Å². The van der Waals surface area contributed by atoms with E-state index in [1.807, 2.05) is 6.92 Å². The van der Waals surface area contributed by atoms with Gasteiger partial charge in [0.25, 0.3) is 5.91 Å². The maximum Gasteiger partial charge on any atom is 0.274 e. The molecule has 0 spiro atoms. The second-order valence-electron chi connectivity index (χ2n) is 4.07. The number of carbonyl (C=O) groups excluding carboxylic acids is 2. The van der Waals surface area contributed by atoms with Crippen molar-refractivity contribution in [1.82, 2.24) is 20.2 Å². The summed E-state index contributed by atoms with van der Waals surface area (Å²) < 4.78 is 4.84. The zero-order chi connectivity index (χ0) is 14.8. The summed E-state index contributed by atoms with van der Waals surface area (Å²) in [6.45, 7) is 3.67. The SMILES string of the molecule is CCN(CCC(=O)NCCOC)C(=O)c1cnccn1. The molecule has 1 aromatic rings. The summed E-state index contributed by atoms with van der Waals surface area (Å²) in [4.78, 5) is 33.1. The predicted octanol–water partition coefficient (Wildman–Crippen LogP) is 0.0914. The maximum absolute atomic E-state index is 12.1. The molecule has 7 nitrogen and oxygen atoms in total. The van der Waals surface area contributed by atoms with E-state index in [4.69, 9.17) is 4.74 Å². The van der Waals surface area contributed by atoms with Crippen LogP contribution in [0.3, 0.4) is 0 Å². The minimum absolute atomic E-state index is 0.104. The van der Waals surface area contributed by atoms with Crippen LogP contribution in [0.25, 0.3) is 0 Å². The normalized spacial score (nSPS) is 10.1. The lowest BCUT2D eigenvalue weighted by molar-refractivity contribution is -0.121. The summed E-state index contributed by atoms with van der Waals surface area (Å²) in [5.74, 6) is -0.322. The van der Waals surface area contributed by atoms with Crippen LogP contribution in [0.5, 0.6) is 0 Å². The molecule has 0 aliphatic rings. The minimum Gasteiger partial charge on any atom is -0.383 e. The summed E-state index contributed by atoms with van der Waals surface area (Å²) in [6.07, 6.45) is 4.65. The number of rotatable bonds is 8. The monoisotopic (exact) mass is 280 g/mol. The highest BCUT2D eigenvalue weighted by atomic mass is 16.5. The second-order valence-corrected chi connectivity index (χ2v) is 4.07. The van der Waals surface area contributed by atoms with Crippen LogP contribution in [0.15, 0.2) is 18.6 Å². The first-order valence-electron chi connectivity index (χ1n) is 6.50. The Hall–Kier alpha value is -2.02. The van der Waals surface area contributed by atoms with Gasteiger partial charge in [-0.15, -0.1) is 0 Å². The number of carbonyl (C=O) groups is 2. The Kier molecular flexibility index (Phi) is 7.20. The molecule has 0 aliphatic carbocycles. The van der Waals surface area contributed by atoms with Crippen LogP contribution in [-0.2, 0) is 9.53 Å². The van der Waals surface area contributed by atoms with Gasteiger partial charge in [-0.05, 0) is 6.92 Å². The van der Waals surface area contributed by atoms with Crippen LogP contribution in [0.1, 0.15) is 23.8 Å². The van der Waals surface area contributed by atoms with E-state index in [0.29, 0.717) is 26.2 Å². The first kappa shape index (κ1) is 16.0. The molecule has 20 heavy (non-hydrogen) atoms. The molecular formula is C13H20N4O3. The smallest absolute Gasteiger partial charge is 0.274 e. The van der Waals surface area contributed by atoms with Crippen LogP contribution >= 0.6 is 0 Å². The van der Waals surface area contributed by atoms with E-state index < -0.39 is 0 Å². The van der Waals surface area contributed by atoms with Gasteiger partial charge in [-0.2, -0.15) is 0 Å². The van der Waals surface area contributed by atoms with Crippen LogP contribution < -0.4 is 5.32 Å². The minimum atomic E-state index is -0.217. The van der Waals surface area contributed by atoms with Crippen LogP contribution in [-0.4, -0.2) is 60.0 Å². The molecule has 1 aromatic heterocycles. The van der Waals surface area contributed by atoms with Gasteiger partial charge in [0.1, 0.15) is 5.69 Å². The van der Waals surface area contributed by atoms with Crippen molar-refractivity contribution in [3.8, 4) is 0 Å². The van der Waals surface area contributed by atoms with E-state index >= 15 is 0 Å². The lowest BCUT2D eigenvalue weighted by Crippen LogP contribution is -2.36. The molecule has 0 fully saturated rings. The number of nitrogens with zero attached hydrogens (tertiary/aromatic N) is 3. The van der Waals surface area contributed by atoms with Crippen LogP contribution in [0, 0.1) is 0 Å². The Bertz CT molecular complexity index is 425. The Labute approximate surface area is 118 Å². The summed E-state index contributed by atoms with van der Waals surface area (Å²) in [7, 11) is 1.57. The summed E-state index contributed by atoms with van der Waals surface area (Å²) in [5, 5.41) is 2.71. The quantitative estimate of drug-likeness (QED) is 0.682. The van der Waals surface area contributed by atoms with E-state index in [0.717, 1.165) is 0 Å². The molecular weight excluding hydrogens is 260 g/mol. The Balaban J connectivity index is 2.43. The van der Waals surface area contributed by atoms with Gasteiger partial charge < -0.3 is 15.0 Å². The predicted molar refractivity (Wildman–Crippen MR) is 73.1 cm³/mol. The van der Waals surface area contributed by atoms with E-state index in [1.165, 1.54) is 18.6 Å². The van der Waals surface area contributed by atoms with Gasteiger partial charge in [-0.25, -0.2) is 4.98 Å². The fraction of sp³-hybridized carbons (Fsp3) is 0.538. The number of hydrogen-bond acceptors (Lipinski definition) is 5. The van der Waals surface area contributed by atoms with Gasteiger partial charge >= 0.3 is 0 Å². The van der Waals surface area contributed by atoms with E-state index in [2.05, 4.69) is 15.3 Å². The molecule has 2 amide bonds. The molecule has 0 aliphatic heterocycles. The summed E-state index contributed by atoms with van der Waals surface area (Å²) in [5.41, 5.74) is 0.286. The molecule has 110 valence electrons. The van der Waals surface area contributed by atoms with Crippen LogP contribution in [0.2, 0.25) is 0 Å². The van der Waals surface area contributed by atoms with Gasteiger partial charge in [0.15, 0.2) is 0 Å². The number of methoxy groups -OCH3 is 1. The zero-order valence-corrected chi connectivity index (χ0v) is 11.8. The molecule has 7 heteroatoms. The summed E-state index contributed by atoms with van der Waals surface area (Å²) in [6, 6.07) is 0. The van der Waals surface area contributed by atoms with Gasteiger partial charge in [0, 0.05) is 45.6 Å². The van der Waals surface area contributed by atoms with Crippen molar-refractivity contribution in [2.45, 2.75) is 13.3 Å². The molecule has 1 N–H and O–H groups in total. The van der Waals surface area contributed by atoms with Gasteiger partial charge in [-0.1, -0.05) is 0 Å². The van der Waals surface area contributed by atoms with Crippen LogP contribution in [0.4, 0.5) is 0 Å². The molecule has 0 atom stereocenters. The largest absolute Gasteiger partial charge is 0.383 e. The average Bonchev–Trinajstić information content (AvgIpc) is 2.49. The number of nitrogens with one attached hydrogen (secondary N) is 1. The first-order chi connectivity index (χ1) is 9.69. The Morgan fingerprint density at radius 3 is 2.80 bits per heavy atom. The standard InChI is InChI=1S/C13H20N4O3/c1-3-17(8-4-12(18)16-7-9-20-2)13(19)11-10-14-5-6-15-11/h5-6,10H,3-4,7-9H2,1-2H3,(H,16,18). The number of hydrogen-bond donors (Lipinski definition) is 1. The molecule has 0 bridgehead atoms. The molecule has 0 aromatic carbocycles. The lowest BCUT2D eigenvalue weighted by atomic mass is 10.3. The van der Waals surface area contributed by atoms with Crippen molar-refractivity contribution < 1.29 is 14.3 Å². The third-order valence-corrected chi connectivity index (χ3v) is 2.69. The fourth-order valence-corrected chi connectivity index (χ4v) is 1.59. The highest BCUT2D eigenvalue weighted by Crippen LogP contribution is 2.01. The van der Waals surface area contributed by atoms with Crippen molar-refractivity contribution in [1.29, 1.82) is 0 Å². The van der Waals surface area contributed by atoms with Crippen molar-refractivity contribution in [2.75, 3.05) is 33.4 Å².